The summed E-state index contributed by atoms with van der Waals surface area (Å²) in [5.74, 6) is -57.0. The van der Waals surface area contributed by atoms with Crippen LogP contribution in [0.25, 0.3) is 0 Å². The third-order valence-electron chi connectivity index (χ3n) is 3.78. The highest BCUT2D eigenvalue weighted by Gasteiger charge is 2.95. The molecule has 0 aliphatic rings. The number of hydrogen-bond acceptors (Lipinski definition) is 0. The van der Waals surface area contributed by atoms with E-state index >= 15 is 0 Å². The fourth-order valence-corrected chi connectivity index (χ4v) is 3.48. The molecule has 0 nitrogen and oxygen atoms in total. The first kappa shape index (κ1) is 30.9. The van der Waals surface area contributed by atoms with E-state index in [-0.39, 0.29) is 6.92 Å². The number of halogens is 20. The van der Waals surface area contributed by atoms with Crippen LogP contribution < -0.4 is 0 Å². The third kappa shape index (κ3) is 4.15. The Balaban J connectivity index is 6.84. The highest BCUT2D eigenvalue weighted by Crippen LogP contribution is 2.65. The van der Waals surface area contributed by atoms with Gasteiger partial charge in [-0.15, -0.1) is 33.2 Å². The summed E-state index contributed by atoms with van der Waals surface area (Å²) >= 11 is 14.5. The lowest BCUT2D eigenvalue weighted by atomic mass is 9.88. The predicted molar refractivity (Wildman–Crippen MR) is 73.4 cm³/mol. The molecule has 0 fully saturated rings. The quantitative estimate of drug-likeness (QED) is 0.155. The molecule has 1 atom stereocenters. The molecule has 0 spiro atoms. The van der Waals surface area contributed by atoms with Crippen LogP contribution in [0.3, 0.4) is 0 Å². The van der Waals surface area contributed by atoms with E-state index in [9.17, 15) is 74.6 Å². The molecule has 31 heavy (non-hydrogen) atoms. The van der Waals surface area contributed by atoms with Crippen molar-refractivity contribution in [1.29, 1.82) is 0 Å². The fraction of sp³-hybridized carbons (Fsp3) is 1.00. The maximum Gasteiger partial charge on any atom is 0.460 e. The van der Waals surface area contributed by atoms with Gasteiger partial charge < -0.3 is 0 Å². The number of hydrogen-bond donors (Lipinski definition) is 0. The molecule has 0 saturated carbocycles. The van der Waals surface area contributed by atoms with Crippen LogP contribution in [0.2, 0.25) is 5.54 Å². The summed E-state index contributed by atoms with van der Waals surface area (Å²) in [6.07, 6.45) is -7.80. The summed E-state index contributed by atoms with van der Waals surface area (Å²) in [5.41, 5.74) is -3.62. The molecule has 21 heteroatoms. The van der Waals surface area contributed by atoms with E-state index in [0.29, 0.717) is 0 Å². The minimum atomic E-state index is -8.68. The molecule has 0 radical (unpaired) electrons. The van der Waals surface area contributed by atoms with Gasteiger partial charge in [0.05, 0.1) is 5.54 Å². The zero-order chi connectivity index (χ0) is 26.1. The smallest absolute Gasteiger partial charge is 0.200 e. The van der Waals surface area contributed by atoms with Gasteiger partial charge >= 0.3 is 53.6 Å². The second-order valence-corrected chi connectivity index (χ2v) is 14.9. The molecule has 0 bridgehead atoms. The van der Waals surface area contributed by atoms with Crippen LogP contribution >= 0.6 is 33.2 Å². The summed E-state index contributed by atoms with van der Waals surface area (Å²) in [4.78, 5) is 0. The van der Waals surface area contributed by atoms with E-state index in [1.165, 1.54) is 0 Å². The van der Waals surface area contributed by atoms with Crippen molar-refractivity contribution in [1.82, 2.24) is 0 Å². The van der Waals surface area contributed by atoms with E-state index in [2.05, 4.69) is 0 Å². The summed E-state index contributed by atoms with van der Waals surface area (Å²) < 4.78 is 222. The second kappa shape index (κ2) is 7.71. The van der Waals surface area contributed by atoms with Crippen molar-refractivity contribution in [3.63, 3.8) is 0 Å². The topological polar surface area (TPSA) is 0 Å². The van der Waals surface area contributed by atoms with Crippen LogP contribution in [0, 0.1) is 0 Å². The molecule has 188 valence electrons. The monoisotopic (exact) mass is 580 g/mol. The van der Waals surface area contributed by atoms with Crippen molar-refractivity contribution >= 4 is 39.2 Å². The minimum Gasteiger partial charge on any atom is -0.200 e. The van der Waals surface area contributed by atoms with Crippen LogP contribution in [0.15, 0.2) is 0 Å². The Bertz CT molecular complexity index is 664. The van der Waals surface area contributed by atoms with Gasteiger partial charge in [0.2, 0.25) is 0 Å². The molecule has 0 aromatic rings. The Morgan fingerprint density at radius 1 is 0.452 bits per heavy atom. The summed E-state index contributed by atoms with van der Waals surface area (Å²) in [7, 11) is 0. The minimum absolute atomic E-state index is 0.272. The average molecular weight is 582 g/mol. The van der Waals surface area contributed by atoms with E-state index in [1.807, 2.05) is 0 Å². The summed E-state index contributed by atoms with van der Waals surface area (Å²) in [6.45, 7) is -0.272. The highest BCUT2D eigenvalue weighted by atomic mass is 35.8. The van der Waals surface area contributed by atoms with Gasteiger partial charge in [0, 0.05) is 0 Å². The van der Waals surface area contributed by atoms with Gasteiger partial charge in [0.1, 0.15) is 0 Å². The molecule has 0 amide bonds. The lowest BCUT2D eigenvalue weighted by molar-refractivity contribution is -0.461. The first-order chi connectivity index (χ1) is 12.9. The van der Waals surface area contributed by atoms with Gasteiger partial charge in [-0.05, 0) is 0 Å². The summed E-state index contributed by atoms with van der Waals surface area (Å²) in [5, 5.41) is 0. The zero-order valence-corrected chi connectivity index (χ0v) is 16.9. The molecule has 0 N–H and O–H groups in total. The second-order valence-electron chi connectivity index (χ2n) is 5.83. The van der Waals surface area contributed by atoms with Gasteiger partial charge in [0.25, 0.3) is 0 Å². The first-order valence-corrected chi connectivity index (χ1v) is 11.8. The van der Waals surface area contributed by atoms with Crippen LogP contribution in [0.5, 0.6) is 0 Å². The van der Waals surface area contributed by atoms with E-state index in [4.69, 9.17) is 33.2 Å². The maximum absolute atomic E-state index is 13.7. The predicted octanol–water partition coefficient (Wildman–Crippen LogP) is 8.04. The van der Waals surface area contributed by atoms with Gasteiger partial charge in [-0.2, -0.15) is 74.6 Å². The molecule has 1 unspecified atom stereocenters. The Kier molecular flexibility index (Phi) is 7.69. The first-order valence-electron chi connectivity index (χ1n) is 6.68. The largest absolute Gasteiger partial charge is 0.460 e. The lowest BCUT2D eigenvalue weighted by Crippen LogP contribution is -2.74. The van der Waals surface area contributed by atoms with E-state index in [0.717, 1.165) is 0 Å². The summed E-state index contributed by atoms with van der Waals surface area (Å²) in [6, 6.07) is -5.28. The molecule has 0 saturated heterocycles. The van der Waals surface area contributed by atoms with Crippen molar-refractivity contribution in [2.45, 2.75) is 60.1 Å². The van der Waals surface area contributed by atoms with Gasteiger partial charge in [-0.1, -0.05) is 6.92 Å². The van der Waals surface area contributed by atoms with Gasteiger partial charge in [-0.25, -0.2) is 0 Å². The molecule has 0 rings (SSSR count). The fourth-order valence-electron chi connectivity index (χ4n) is 1.65. The Morgan fingerprint density at radius 2 is 0.677 bits per heavy atom. The average Bonchev–Trinajstić information content (AvgIpc) is 2.50. The standard InChI is InChI=1S/C10H4Cl3F17Si/c1-2(31(11,12)13)3(14,15)4(16,17)5(18,19)6(20,21)7(22,23)8(24,25)9(26,27)10(28,29)30/h2H,1H3. The number of rotatable bonds is 8. The van der Waals surface area contributed by atoms with Crippen LogP contribution in [-0.4, -0.2) is 53.6 Å². The Hall–Kier alpha value is -0.103. The highest BCUT2D eigenvalue weighted by molar-refractivity contribution is 7.65. The van der Waals surface area contributed by atoms with Gasteiger partial charge in [0.15, 0.2) is 0 Å². The van der Waals surface area contributed by atoms with Crippen molar-refractivity contribution in [2.24, 2.45) is 0 Å². The van der Waals surface area contributed by atoms with E-state index < -0.39 is 59.2 Å². The van der Waals surface area contributed by atoms with Crippen molar-refractivity contribution in [3.05, 3.63) is 0 Å². The Labute approximate surface area is 174 Å². The van der Waals surface area contributed by atoms with Crippen LogP contribution in [0.4, 0.5) is 74.6 Å². The van der Waals surface area contributed by atoms with Crippen molar-refractivity contribution in [3.8, 4) is 0 Å². The molecular weight excluding hydrogens is 578 g/mol. The zero-order valence-electron chi connectivity index (χ0n) is 13.6. The Morgan fingerprint density at radius 3 is 0.903 bits per heavy atom. The van der Waals surface area contributed by atoms with E-state index in [1.54, 1.807) is 0 Å². The molecule has 0 aliphatic carbocycles. The lowest BCUT2D eigenvalue weighted by Gasteiger charge is -2.44. The number of alkyl halides is 17. The normalized spacial score (nSPS) is 17.7. The molecule has 0 heterocycles. The third-order valence-corrected chi connectivity index (χ3v) is 8.07. The van der Waals surface area contributed by atoms with Crippen LogP contribution in [-0.2, 0) is 0 Å². The maximum atomic E-state index is 13.7. The van der Waals surface area contributed by atoms with Gasteiger partial charge in [-0.3, -0.25) is 0 Å². The van der Waals surface area contributed by atoms with Crippen molar-refractivity contribution in [2.75, 3.05) is 0 Å². The SMILES string of the molecule is CC(C(F)(F)C(F)(F)C(F)(F)C(F)(F)C(F)(F)C(F)(F)C(F)(F)C(F)(F)F)[Si](Cl)(Cl)Cl. The molecule has 0 aromatic heterocycles. The molecule has 0 aromatic carbocycles. The van der Waals surface area contributed by atoms with Crippen molar-refractivity contribution < 1.29 is 74.6 Å². The molecular formula is C10H4Cl3F17Si. The molecule has 0 aliphatic heterocycles. The van der Waals surface area contributed by atoms with Crippen LogP contribution in [0.1, 0.15) is 6.92 Å².